The molecule has 3 heterocycles. The number of hydrogen-bond donors (Lipinski definition) is 1. The van der Waals surface area contributed by atoms with Crippen LogP contribution in [-0.2, 0) is 4.74 Å². The molecular weight excluding hydrogens is 278 g/mol. The number of benzene rings is 1. The third-order valence-electron chi connectivity index (χ3n) is 4.01. The summed E-state index contributed by atoms with van der Waals surface area (Å²) in [7, 11) is 0. The molecule has 6 heteroatoms. The third kappa shape index (κ3) is 2.31. The molecule has 1 aliphatic rings. The Morgan fingerprint density at radius 2 is 2.05 bits per heavy atom. The fourth-order valence-electron chi connectivity index (χ4n) is 2.77. The molecular formula is C16H17N5O. The average Bonchev–Trinajstić information content (AvgIpc) is 3.01. The molecule has 6 nitrogen and oxygen atoms in total. The van der Waals surface area contributed by atoms with Crippen molar-refractivity contribution in [1.82, 2.24) is 20.2 Å². The van der Waals surface area contributed by atoms with Gasteiger partial charge >= 0.3 is 0 Å². The van der Waals surface area contributed by atoms with E-state index in [9.17, 15) is 0 Å². The zero-order chi connectivity index (χ0) is 14.9. The molecule has 1 aliphatic heterocycles. The number of fused-ring (bicyclic) bond motifs is 1. The minimum Gasteiger partial charge on any atom is -0.378 e. The van der Waals surface area contributed by atoms with Crippen molar-refractivity contribution < 1.29 is 4.74 Å². The first kappa shape index (κ1) is 13.2. The first-order chi connectivity index (χ1) is 10.8. The first-order valence-electron chi connectivity index (χ1n) is 7.41. The highest BCUT2D eigenvalue weighted by molar-refractivity contribution is 5.81. The average molecular weight is 295 g/mol. The van der Waals surface area contributed by atoms with Gasteiger partial charge in [0.05, 0.1) is 41.8 Å². The van der Waals surface area contributed by atoms with Gasteiger partial charge in [-0.25, -0.2) is 4.98 Å². The Labute approximate surface area is 128 Å². The number of hydrogen-bond acceptors (Lipinski definition) is 5. The van der Waals surface area contributed by atoms with Crippen molar-refractivity contribution in [3.63, 3.8) is 0 Å². The van der Waals surface area contributed by atoms with Gasteiger partial charge in [0.25, 0.3) is 0 Å². The van der Waals surface area contributed by atoms with Gasteiger partial charge in [0.15, 0.2) is 0 Å². The highest BCUT2D eigenvalue weighted by atomic mass is 16.5. The Balaban J connectivity index is 1.76. The largest absolute Gasteiger partial charge is 0.378 e. The molecule has 1 saturated heterocycles. The summed E-state index contributed by atoms with van der Waals surface area (Å²) in [6, 6.07) is 6.23. The number of nitrogens with zero attached hydrogens (tertiary/aromatic N) is 4. The number of aryl methyl sites for hydroxylation is 1. The predicted molar refractivity (Wildman–Crippen MR) is 84.9 cm³/mol. The molecule has 0 saturated carbocycles. The SMILES string of the molecule is Cc1n[nH]cc1-c1cnc2ccc(N3CCOCC3)cc2n1. The van der Waals surface area contributed by atoms with E-state index in [1.54, 1.807) is 6.20 Å². The molecule has 0 radical (unpaired) electrons. The van der Waals surface area contributed by atoms with Crippen LogP contribution >= 0.6 is 0 Å². The Morgan fingerprint density at radius 3 is 2.82 bits per heavy atom. The van der Waals surface area contributed by atoms with Gasteiger partial charge < -0.3 is 9.64 Å². The molecule has 1 N–H and O–H groups in total. The van der Waals surface area contributed by atoms with Crippen molar-refractivity contribution in [2.24, 2.45) is 0 Å². The van der Waals surface area contributed by atoms with E-state index in [1.165, 1.54) is 5.69 Å². The van der Waals surface area contributed by atoms with Crippen LogP contribution in [0.25, 0.3) is 22.3 Å². The van der Waals surface area contributed by atoms with Crippen LogP contribution in [-0.4, -0.2) is 46.5 Å². The molecule has 0 unspecified atom stereocenters. The fraction of sp³-hybridized carbons (Fsp3) is 0.312. The number of aromatic nitrogens is 4. The van der Waals surface area contributed by atoms with E-state index in [0.29, 0.717) is 0 Å². The summed E-state index contributed by atoms with van der Waals surface area (Å²) in [6.07, 6.45) is 3.66. The van der Waals surface area contributed by atoms with Gasteiger partial charge in [0.1, 0.15) is 0 Å². The number of ether oxygens (including phenoxy) is 1. The summed E-state index contributed by atoms with van der Waals surface area (Å²) in [5, 5.41) is 7.02. The Hall–Kier alpha value is -2.47. The second-order valence-corrected chi connectivity index (χ2v) is 5.41. The number of rotatable bonds is 2. The molecule has 0 bridgehead atoms. The van der Waals surface area contributed by atoms with Gasteiger partial charge in [-0.15, -0.1) is 0 Å². The molecule has 0 spiro atoms. The lowest BCUT2D eigenvalue weighted by atomic mass is 10.2. The van der Waals surface area contributed by atoms with Crippen LogP contribution in [0.15, 0.2) is 30.6 Å². The van der Waals surface area contributed by atoms with Crippen molar-refractivity contribution in [2.45, 2.75) is 6.92 Å². The minimum atomic E-state index is 0.776. The van der Waals surface area contributed by atoms with E-state index in [-0.39, 0.29) is 0 Å². The van der Waals surface area contributed by atoms with Crippen LogP contribution in [0, 0.1) is 6.92 Å². The monoisotopic (exact) mass is 295 g/mol. The van der Waals surface area contributed by atoms with Crippen molar-refractivity contribution in [2.75, 3.05) is 31.2 Å². The van der Waals surface area contributed by atoms with Crippen LogP contribution < -0.4 is 4.90 Å². The maximum absolute atomic E-state index is 5.41. The zero-order valence-electron chi connectivity index (χ0n) is 12.4. The van der Waals surface area contributed by atoms with Crippen molar-refractivity contribution in [1.29, 1.82) is 0 Å². The summed E-state index contributed by atoms with van der Waals surface area (Å²) in [4.78, 5) is 11.6. The molecule has 2 aromatic heterocycles. The number of aromatic amines is 1. The Kier molecular flexibility index (Phi) is 3.23. The van der Waals surface area contributed by atoms with Gasteiger partial charge in [-0.1, -0.05) is 0 Å². The molecule has 4 rings (SSSR count). The molecule has 22 heavy (non-hydrogen) atoms. The van der Waals surface area contributed by atoms with E-state index in [1.807, 2.05) is 19.2 Å². The lowest BCUT2D eigenvalue weighted by Crippen LogP contribution is -2.36. The fourth-order valence-corrected chi connectivity index (χ4v) is 2.77. The second-order valence-electron chi connectivity index (χ2n) is 5.41. The zero-order valence-corrected chi connectivity index (χ0v) is 12.4. The predicted octanol–water partition coefficient (Wildman–Crippen LogP) is 2.16. The maximum atomic E-state index is 5.41. The van der Waals surface area contributed by atoms with E-state index in [0.717, 1.165) is 54.3 Å². The lowest BCUT2D eigenvalue weighted by molar-refractivity contribution is 0.122. The van der Waals surface area contributed by atoms with Crippen molar-refractivity contribution in [3.05, 3.63) is 36.3 Å². The van der Waals surface area contributed by atoms with Crippen LogP contribution in [0.3, 0.4) is 0 Å². The number of morpholine rings is 1. The van der Waals surface area contributed by atoms with Crippen LogP contribution in [0.5, 0.6) is 0 Å². The molecule has 0 amide bonds. The normalized spacial score (nSPS) is 15.4. The summed E-state index contributed by atoms with van der Waals surface area (Å²) in [5.74, 6) is 0. The Morgan fingerprint density at radius 1 is 1.18 bits per heavy atom. The van der Waals surface area contributed by atoms with Crippen molar-refractivity contribution in [3.8, 4) is 11.3 Å². The number of anilines is 1. The van der Waals surface area contributed by atoms with E-state index in [4.69, 9.17) is 9.72 Å². The highest BCUT2D eigenvalue weighted by Crippen LogP contribution is 2.24. The van der Waals surface area contributed by atoms with Crippen LogP contribution in [0.2, 0.25) is 0 Å². The molecule has 0 aliphatic carbocycles. The van der Waals surface area contributed by atoms with Crippen LogP contribution in [0.1, 0.15) is 5.69 Å². The van der Waals surface area contributed by atoms with Gasteiger partial charge in [-0.2, -0.15) is 5.10 Å². The quantitative estimate of drug-likeness (QED) is 0.785. The summed E-state index contributed by atoms with van der Waals surface area (Å²) < 4.78 is 5.41. The molecule has 112 valence electrons. The number of nitrogens with one attached hydrogen (secondary N) is 1. The van der Waals surface area contributed by atoms with E-state index < -0.39 is 0 Å². The Bertz CT molecular complexity index is 807. The van der Waals surface area contributed by atoms with Crippen molar-refractivity contribution >= 4 is 16.7 Å². The van der Waals surface area contributed by atoms with E-state index in [2.05, 4.69) is 32.2 Å². The number of H-pyrrole nitrogens is 1. The molecule has 3 aromatic rings. The topological polar surface area (TPSA) is 66.9 Å². The van der Waals surface area contributed by atoms with Crippen LogP contribution in [0.4, 0.5) is 5.69 Å². The summed E-state index contributed by atoms with van der Waals surface area (Å²) in [6.45, 7) is 5.34. The van der Waals surface area contributed by atoms with Gasteiger partial charge in [0, 0.05) is 30.5 Å². The molecule has 1 aromatic carbocycles. The standard InChI is InChI=1S/C16H17N5O/c1-11-13(9-18-20-11)16-10-17-14-3-2-12(8-15(14)19-16)21-4-6-22-7-5-21/h2-3,8-10H,4-7H2,1H3,(H,18,20). The first-order valence-corrected chi connectivity index (χ1v) is 7.41. The highest BCUT2D eigenvalue weighted by Gasteiger charge is 2.13. The smallest absolute Gasteiger partial charge is 0.0927 e. The summed E-state index contributed by atoms with van der Waals surface area (Å²) >= 11 is 0. The molecule has 0 atom stereocenters. The van der Waals surface area contributed by atoms with Gasteiger partial charge in [-0.05, 0) is 25.1 Å². The third-order valence-corrected chi connectivity index (χ3v) is 4.01. The minimum absolute atomic E-state index is 0.776. The van der Waals surface area contributed by atoms with E-state index >= 15 is 0 Å². The maximum Gasteiger partial charge on any atom is 0.0927 e. The van der Waals surface area contributed by atoms with Gasteiger partial charge in [0.2, 0.25) is 0 Å². The van der Waals surface area contributed by atoms with Gasteiger partial charge in [-0.3, -0.25) is 10.1 Å². The molecule has 1 fully saturated rings. The lowest BCUT2D eigenvalue weighted by Gasteiger charge is -2.28. The second kappa shape index (κ2) is 5.38. The summed E-state index contributed by atoms with van der Waals surface area (Å²) in [5.41, 5.74) is 5.75.